The molecule has 0 aliphatic carbocycles. The first-order valence-electron chi connectivity index (χ1n) is 10.7. The van der Waals surface area contributed by atoms with Crippen molar-refractivity contribution in [2.24, 2.45) is 14.1 Å². The van der Waals surface area contributed by atoms with Crippen molar-refractivity contribution in [1.82, 2.24) is 24.3 Å². The smallest absolute Gasteiger partial charge is 0.356 e. The van der Waals surface area contributed by atoms with Crippen LogP contribution in [0.4, 0.5) is 5.69 Å². The number of aromatic nitrogens is 5. The highest BCUT2D eigenvalue weighted by atomic mass is 35.5. The summed E-state index contributed by atoms with van der Waals surface area (Å²) in [6.07, 6.45) is 1.93. The van der Waals surface area contributed by atoms with Crippen molar-refractivity contribution >= 4 is 55.7 Å². The van der Waals surface area contributed by atoms with Crippen LogP contribution >= 0.6 is 22.9 Å². The van der Waals surface area contributed by atoms with Crippen molar-refractivity contribution < 1.29 is 9.90 Å². The zero-order valence-electron chi connectivity index (χ0n) is 19.3. The Balaban J connectivity index is 1.64. The first-order chi connectivity index (χ1) is 16.6. The summed E-state index contributed by atoms with van der Waals surface area (Å²) in [6, 6.07) is 8.56. The summed E-state index contributed by atoms with van der Waals surface area (Å²) in [7, 11) is 3.57. The first-order valence-corrected chi connectivity index (χ1v) is 11.9. The molecule has 0 saturated carbocycles. The van der Waals surface area contributed by atoms with Gasteiger partial charge in [0.1, 0.15) is 15.7 Å². The van der Waals surface area contributed by atoms with Crippen molar-refractivity contribution in [3.8, 4) is 11.4 Å². The number of pyridine rings is 1. The molecule has 178 valence electrons. The fourth-order valence-corrected chi connectivity index (χ4v) is 5.61. The zero-order valence-corrected chi connectivity index (χ0v) is 20.9. The SMILES string of the molecule is Cc1sc2c(=O)n(C)c(-c3ccc4cn(C)nc4c3)nc2c1C(C)Nc1ccc(Cl)nc1C(=O)O. The van der Waals surface area contributed by atoms with E-state index in [2.05, 4.69) is 15.4 Å². The summed E-state index contributed by atoms with van der Waals surface area (Å²) in [4.78, 5) is 34.8. The van der Waals surface area contributed by atoms with Gasteiger partial charge in [-0.3, -0.25) is 14.0 Å². The van der Waals surface area contributed by atoms with Gasteiger partial charge in [0.05, 0.1) is 22.8 Å². The van der Waals surface area contributed by atoms with Gasteiger partial charge in [-0.25, -0.2) is 14.8 Å². The second-order valence-electron chi connectivity index (χ2n) is 8.33. The van der Waals surface area contributed by atoms with Crippen LogP contribution in [0.15, 0.2) is 41.3 Å². The molecule has 0 fully saturated rings. The minimum atomic E-state index is -1.19. The maximum atomic E-state index is 13.3. The third-order valence-electron chi connectivity index (χ3n) is 5.89. The fourth-order valence-electron chi connectivity index (χ4n) is 4.30. The lowest BCUT2D eigenvalue weighted by Crippen LogP contribution is -2.20. The molecule has 4 heterocycles. The highest BCUT2D eigenvalue weighted by Crippen LogP contribution is 2.35. The number of aromatic carboxylic acids is 1. The van der Waals surface area contributed by atoms with E-state index in [0.29, 0.717) is 21.7 Å². The number of rotatable bonds is 5. The van der Waals surface area contributed by atoms with E-state index in [-0.39, 0.29) is 22.4 Å². The molecule has 11 heteroatoms. The standard InChI is InChI=1S/C24H21ClN6O3S/c1-11(26-15-7-8-17(25)27-19(15)24(33)34)18-12(2)35-21-20(18)28-22(31(4)23(21)32)13-5-6-14-10-30(3)29-16(14)9-13/h5-11,26H,1-4H3,(H,33,34). The molecule has 1 unspecified atom stereocenters. The van der Waals surface area contributed by atoms with Crippen molar-refractivity contribution in [2.45, 2.75) is 19.9 Å². The van der Waals surface area contributed by atoms with E-state index in [4.69, 9.17) is 16.6 Å². The molecule has 2 N–H and O–H groups in total. The Hall–Kier alpha value is -3.76. The quantitative estimate of drug-likeness (QED) is 0.328. The van der Waals surface area contributed by atoms with E-state index >= 15 is 0 Å². The van der Waals surface area contributed by atoms with Crippen LogP contribution in [-0.2, 0) is 14.1 Å². The molecule has 1 aromatic carbocycles. The summed E-state index contributed by atoms with van der Waals surface area (Å²) in [5.74, 6) is -0.658. The van der Waals surface area contributed by atoms with Gasteiger partial charge in [0.2, 0.25) is 0 Å². The molecule has 4 aromatic heterocycles. The summed E-state index contributed by atoms with van der Waals surface area (Å²) >= 11 is 7.27. The number of hydrogen-bond acceptors (Lipinski definition) is 7. The number of anilines is 1. The van der Waals surface area contributed by atoms with Crippen LogP contribution in [0, 0.1) is 6.92 Å². The van der Waals surface area contributed by atoms with Crippen LogP contribution in [0.25, 0.3) is 32.5 Å². The lowest BCUT2D eigenvalue weighted by molar-refractivity contribution is 0.0691. The zero-order chi connectivity index (χ0) is 25.0. The average Bonchev–Trinajstić information content (AvgIpc) is 3.34. The molecule has 35 heavy (non-hydrogen) atoms. The van der Waals surface area contributed by atoms with E-state index in [9.17, 15) is 14.7 Å². The molecule has 0 spiro atoms. The lowest BCUT2D eigenvalue weighted by atomic mass is 10.1. The molecule has 5 aromatic rings. The maximum Gasteiger partial charge on any atom is 0.356 e. The van der Waals surface area contributed by atoms with Crippen LogP contribution in [-0.4, -0.2) is 35.4 Å². The van der Waals surface area contributed by atoms with Gasteiger partial charge in [-0.05, 0) is 32.0 Å². The highest BCUT2D eigenvalue weighted by Gasteiger charge is 2.23. The number of fused-ring (bicyclic) bond motifs is 2. The average molecular weight is 509 g/mol. The number of nitrogens with one attached hydrogen (secondary N) is 1. The minimum absolute atomic E-state index is 0.0949. The summed E-state index contributed by atoms with van der Waals surface area (Å²) < 4.78 is 3.84. The third-order valence-corrected chi connectivity index (χ3v) is 7.20. The Morgan fingerprint density at radius 3 is 2.71 bits per heavy atom. The van der Waals surface area contributed by atoms with Gasteiger partial charge in [-0.2, -0.15) is 5.10 Å². The Kier molecular flexibility index (Phi) is 5.57. The molecule has 0 radical (unpaired) electrons. The van der Waals surface area contributed by atoms with E-state index in [1.165, 1.54) is 17.4 Å². The van der Waals surface area contributed by atoms with Crippen molar-refractivity contribution in [2.75, 3.05) is 5.32 Å². The van der Waals surface area contributed by atoms with E-state index < -0.39 is 5.97 Å². The van der Waals surface area contributed by atoms with E-state index in [0.717, 1.165) is 26.9 Å². The van der Waals surface area contributed by atoms with Crippen LogP contribution in [0.5, 0.6) is 0 Å². The molecule has 0 aliphatic heterocycles. The monoisotopic (exact) mass is 508 g/mol. The number of carboxylic acids is 1. The largest absolute Gasteiger partial charge is 0.476 e. The van der Waals surface area contributed by atoms with Crippen LogP contribution < -0.4 is 10.9 Å². The van der Waals surface area contributed by atoms with Gasteiger partial charge >= 0.3 is 5.97 Å². The Morgan fingerprint density at radius 2 is 1.97 bits per heavy atom. The van der Waals surface area contributed by atoms with Gasteiger partial charge in [-0.15, -0.1) is 11.3 Å². The number of aryl methyl sites for hydroxylation is 2. The van der Waals surface area contributed by atoms with E-state index in [1.54, 1.807) is 22.4 Å². The minimum Gasteiger partial charge on any atom is -0.476 e. The summed E-state index contributed by atoms with van der Waals surface area (Å²) in [5.41, 5.74) is 3.03. The van der Waals surface area contributed by atoms with Crippen molar-refractivity contribution in [3.63, 3.8) is 0 Å². The van der Waals surface area contributed by atoms with Crippen molar-refractivity contribution in [1.29, 1.82) is 0 Å². The summed E-state index contributed by atoms with van der Waals surface area (Å²) in [5, 5.41) is 18.3. The Labute approximate surface area is 208 Å². The topological polar surface area (TPSA) is 115 Å². The third kappa shape index (κ3) is 3.94. The summed E-state index contributed by atoms with van der Waals surface area (Å²) in [6.45, 7) is 3.82. The number of hydrogen-bond donors (Lipinski definition) is 2. The number of carboxylic acid groups (broad SMARTS) is 1. The molecular formula is C24H21ClN6O3S. The predicted molar refractivity (Wildman–Crippen MR) is 138 cm³/mol. The molecule has 0 aliphatic rings. The van der Waals surface area contributed by atoms with Gasteiger partial charge in [0.25, 0.3) is 5.56 Å². The number of thiophene rings is 1. The highest BCUT2D eigenvalue weighted by molar-refractivity contribution is 7.19. The molecule has 0 amide bonds. The van der Waals surface area contributed by atoms with Gasteiger partial charge < -0.3 is 10.4 Å². The number of carbonyl (C=O) groups is 1. The Bertz CT molecular complexity index is 1700. The van der Waals surface area contributed by atoms with Crippen LogP contribution in [0.2, 0.25) is 5.15 Å². The lowest BCUT2D eigenvalue weighted by Gasteiger charge is -2.17. The molecule has 0 bridgehead atoms. The van der Waals surface area contributed by atoms with Gasteiger partial charge in [0.15, 0.2) is 5.69 Å². The molecule has 0 saturated heterocycles. The number of halogens is 1. The second kappa shape index (κ2) is 8.47. The molecule has 5 rings (SSSR count). The molecule has 1 atom stereocenters. The Morgan fingerprint density at radius 1 is 1.20 bits per heavy atom. The van der Waals surface area contributed by atoms with Crippen molar-refractivity contribution in [3.05, 3.63) is 68.2 Å². The number of benzene rings is 1. The van der Waals surface area contributed by atoms with Gasteiger partial charge in [0, 0.05) is 41.7 Å². The molecule has 9 nitrogen and oxygen atoms in total. The first kappa shape index (κ1) is 23.0. The normalized spacial score (nSPS) is 12.4. The number of nitrogens with zero attached hydrogens (tertiary/aromatic N) is 5. The fraction of sp³-hybridized carbons (Fsp3) is 0.208. The maximum absolute atomic E-state index is 13.3. The van der Waals surface area contributed by atoms with Crippen LogP contribution in [0.1, 0.15) is 33.9 Å². The van der Waals surface area contributed by atoms with Gasteiger partial charge in [-0.1, -0.05) is 23.7 Å². The predicted octanol–water partition coefficient (Wildman–Crippen LogP) is 4.78. The van der Waals surface area contributed by atoms with E-state index in [1.807, 2.05) is 45.3 Å². The molecular weight excluding hydrogens is 488 g/mol. The second-order valence-corrected chi connectivity index (χ2v) is 9.94. The van der Waals surface area contributed by atoms with Crippen LogP contribution in [0.3, 0.4) is 0 Å².